The van der Waals surface area contributed by atoms with E-state index in [-0.39, 0.29) is 18.3 Å². The van der Waals surface area contributed by atoms with Crippen LogP contribution in [0.4, 0.5) is 10.1 Å². The number of hydrogen-bond acceptors (Lipinski definition) is 4. The lowest BCUT2D eigenvalue weighted by Gasteiger charge is -2.20. The number of benzene rings is 1. The number of amides is 1. The lowest BCUT2D eigenvalue weighted by atomic mass is 10.2. The van der Waals surface area contributed by atoms with Gasteiger partial charge in [-0.15, -0.1) is 5.10 Å². The lowest BCUT2D eigenvalue weighted by molar-refractivity contribution is -0.119. The number of anilines is 1. The first-order valence-corrected chi connectivity index (χ1v) is 6.65. The quantitative estimate of drug-likeness (QED) is 0.907. The van der Waals surface area contributed by atoms with Gasteiger partial charge in [-0.3, -0.25) is 4.79 Å². The number of aromatic nitrogens is 3. The van der Waals surface area contributed by atoms with Crippen LogP contribution in [0.1, 0.15) is 25.6 Å². The summed E-state index contributed by atoms with van der Waals surface area (Å²) >= 11 is 0. The fourth-order valence-electron chi connectivity index (χ4n) is 1.93. The van der Waals surface area contributed by atoms with E-state index in [2.05, 4.69) is 10.3 Å². The first kappa shape index (κ1) is 15.1. The second-order valence-electron chi connectivity index (χ2n) is 4.63. The standard InChI is InChI=1S/C14H17FN4O2/c1-3-19(12-6-4-11(15)5-7-12)14(21)9-18-8-13(10(2)20)16-17-18/h4-8,10,20H,3,9H2,1-2H3. The van der Waals surface area contributed by atoms with E-state index in [1.54, 1.807) is 19.1 Å². The van der Waals surface area contributed by atoms with E-state index in [1.807, 2.05) is 6.92 Å². The molecule has 1 unspecified atom stereocenters. The highest BCUT2D eigenvalue weighted by atomic mass is 19.1. The summed E-state index contributed by atoms with van der Waals surface area (Å²) < 4.78 is 14.3. The van der Waals surface area contributed by atoms with Crippen LogP contribution in [0.5, 0.6) is 0 Å². The summed E-state index contributed by atoms with van der Waals surface area (Å²) in [5.74, 6) is -0.536. The van der Waals surface area contributed by atoms with Crippen molar-refractivity contribution >= 4 is 11.6 Å². The topological polar surface area (TPSA) is 71.2 Å². The minimum atomic E-state index is -0.728. The van der Waals surface area contributed by atoms with Gasteiger partial charge < -0.3 is 10.0 Å². The van der Waals surface area contributed by atoms with Crippen LogP contribution in [0.3, 0.4) is 0 Å². The molecule has 21 heavy (non-hydrogen) atoms. The molecule has 112 valence electrons. The first-order valence-electron chi connectivity index (χ1n) is 6.65. The highest BCUT2D eigenvalue weighted by Gasteiger charge is 2.16. The molecule has 0 saturated carbocycles. The van der Waals surface area contributed by atoms with Crippen molar-refractivity contribution < 1.29 is 14.3 Å². The molecule has 6 nitrogen and oxygen atoms in total. The summed E-state index contributed by atoms with van der Waals surface area (Å²) in [4.78, 5) is 13.8. The SMILES string of the molecule is CCN(C(=O)Cn1cc(C(C)O)nn1)c1ccc(F)cc1. The molecule has 0 saturated heterocycles. The smallest absolute Gasteiger partial charge is 0.248 e. The molecule has 0 bridgehead atoms. The second-order valence-corrected chi connectivity index (χ2v) is 4.63. The van der Waals surface area contributed by atoms with Crippen LogP contribution in [-0.2, 0) is 11.3 Å². The summed E-state index contributed by atoms with van der Waals surface area (Å²) in [5.41, 5.74) is 1.03. The van der Waals surface area contributed by atoms with Gasteiger partial charge in [0.1, 0.15) is 18.1 Å². The Hall–Kier alpha value is -2.28. The Kier molecular flexibility index (Phi) is 4.64. The Morgan fingerprint density at radius 1 is 1.43 bits per heavy atom. The molecule has 0 fully saturated rings. The highest BCUT2D eigenvalue weighted by Crippen LogP contribution is 2.15. The third-order valence-corrected chi connectivity index (χ3v) is 3.04. The van der Waals surface area contributed by atoms with Crippen molar-refractivity contribution in [3.8, 4) is 0 Å². The van der Waals surface area contributed by atoms with Gasteiger partial charge in [-0.25, -0.2) is 9.07 Å². The van der Waals surface area contributed by atoms with Crippen LogP contribution >= 0.6 is 0 Å². The lowest BCUT2D eigenvalue weighted by Crippen LogP contribution is -2.33. The molecule has 2 rings (SSSR count). The monoisotopic (exact) mass is 292 g/mol. The zero-order chi connectivity index (χ0) is 15.4. The molecule has 0 radical (unpaired) electrons. The van der Waals surface area contributed by atoms with Crippen LogP contribution in [0, 0.1) is 5.82 Å². The van der Waals surface area contributed by atoms with E-state index in [4.69, 9.17) is 0 Å². The Morgan fingerprint density at radius 3 is 2.62 bits per heavy atom. The highest BCUT2D eigenvalue weighted by molar-refractivity contribution is 5.93. The maximum atomic E-state index is 12.9. The fourth-order valence-corrected chi connectivity index (χ4v) is 1.93. The maximum Gasteiger partial charge on any atom is 0.248 e. The number of likely N-dealkylation sites (N-methyl/N-ethyl adjacent to an activating group) is 1. The van der Waals surface area contributed by atoms with Gasteiger partial charge in [0, 0.05) is 12.2 Å². The molecule has 1 aromatic heterocycles. The van der Waals surface area contributed by atoms with Crippen molar-refractivity contribution in [2.75, 3.05) is 11.4 Å². The molecule has 7 heteroatoms. The fraction of sp³-hybridized carbons (Fsp3) is 0.357. The maximum absolute atomic E-state index is 12.9. The van der Waals surface area contributed by atoms with Gasteiger partial charge in [0.05, 0.1) is 12.3 Å². The predicted octanol–water partition coefficient (Wildman–Crippen LogP) is 1.52. The summed E-state index contributed by atoms with van der Waals surface area (Å²) in [6.07, 6.45) is 0.800. The molecule has 1 atom stereocenters. The molecule has 0 spiro atoms. The molecular weight excluding hydrogens is 275 g/mol. The number of carbonyl (C=O) groups is 1. The van der Waals surface area contributed by atoms with Gasteiger partial charge in [0.25, 0.3) is 0 Å². The minimum absolute atomic E-state index is 0.00490. The predicted molar refractivity (Wildman–Crippen MR) is 75.1 cm³/mol. The van der Waals surface area contributed by atoms with Gasteiger partial charge in [-0.1, -0.05) is 5.21 Å². The normalized spacial score (nSPS) is 12.2. The number of aliphatic hydroxyl groups excluding tert-OH is 1. The third-order valence-electron chi connectivity index (χ3n) is 3.04. The molecular formula is C14H17FN4O2. The van der Waals surface area contributed by atoms with Gasteiger partial charge in [-0.2, -0.15) is 0 Å². The number of rotatable bonds is 5. The number of nitrogens with zero attached hydrogens (tertiary/aromatic N) is 4. The Morgan fingerprint density at radius 2 is 2.10 bits per heavy atom. The van der Waals surface area contributed by atoms with Crippen LogP contribution in [0.15, 0.2) is 30.5 Å². The van der Waals surface area contributed by atoms with E-state index in [0.717, 1.165) is 0 Å². The molecule has 1 N–H and O–H groups in total. The van der Waals surface area contributed by atoms with Gasteiger partial charge in [0.15, 0.2) is 0 Å². The number of carbonyl (C=O) groups excluding carboxylic acids is 1. The second kappa shape index (κ2) is 6.45. The van der Waals surface area contributed by atoms with E-state index in [0.29, 0.717) is 17.9 Å². The van der Waals surface area contributed by atoms with Crippen LogP contribution < -0.4 is 4.90 Å². The Labute approximate surface area is 121 Å². The Bertz CT molecular complexity index is 610. The minimum Gasteiger partial charge on any atom is -0.387 e. The van der Waals surface area contributed by atoms with Crippen molar-refractivity contribution in [1.29, 1.82) is 0 Å². The summed E-state index contributed by atoms with van der Waals surface area (Å²) in [6.45, 7) is 3.88. The van der Waals surface area contributed by atoms with Crippen molar-refractivity contribution in [3.63, 3.8) is 0 Å². The Balaban J connectivity index is 2.11. The van der Waals surface area contributed by atoms with Crippen molar-refractivity contribution in [3.05, 3.63) is 42.0 Å². The largest absolute Gasteiger partial charge is 0.387 e. The summed E-state index contributed by atoms with van der Waals surface area (Å²) in [5, 5.41) is 17.0. The zero-order valence-corrected chi connectivity index (χ0v) is 11.9. The van der Waals surface area contributed by atoms with E-state index < -0.39 is 6.10 Å². The van der Waals surface area contributed by atoms with Gasteiger partial charge >= 0.3 is 0 Å². The number of aliphatic hydroxyl groups is 1. The van der Waals surface area contributed by atoms with Gasteiger partial charge in [0.2, 0.25) is 5.91 Å². The average Bonchev–Trinajstić information content (AvgIpc) is 2.90. The van der Waals surface area contributed by atoms with Crippen LogP contribution in [0.25, 0.3) is 0 Å². The average molecular weight is 292 g/mol. The van der Waals surface area contributed by atoms with E-state index in [1.165, 1.54) is 27.9 Å². The molecule has 1 aromatic carbocycles. The molecule has 2 aromatic rings. The number of hydrogen-bond donors (Lipinski definition) is 1. The van der Waals surface area contributed by atoms with Gasteiger partial charge in [-0.05, 0) is 38.1 Å². The van der Waals surface area contributed by atoms with E-state index in [9.17, 15) is 14.3 Å². The molecule has 1 amide bonds. The molecule has 0 aliphatic rings. The molecule has 0 aliphatic carbocycles. The third kappa shape index (κ3) is 3.63. The van der Waals surface area contributed by atoms with Crippen molar-refractivity contribution in [2.45, 2.75) is 26.5 Å². The summed E-state index contributed by atoms with van der Waals surface area (Å²) in [7, 11) is 0. The van der Waals surface area contributed by atoms with Crippen LogP contribution in [0.2, 0.25) is 0 Å². The molecule has 0 aliphatic heterocycles. The van der Waals surface area contributed by atoms with Crippen molar-refractivity contribution in [2.24, 2.45) is 0 Å². The zero-order valence-electron chi connectivity index (χ0n) is 11.9. The summed E-state index contributed by atoms with van der Waals surface area (Å²) in [6, 6.07) is 5.73. The number of halogens is 1. The van der Waals surface area contributed by atoms with E-state index >= 15 is 0 Å². The van der Waals surface area contributed by atoms with Crippen molar-refractivity contribution in [1.82, 2.24) is 15.0 Å². The van der Waals surface area contributed by atoms with Crippen LogP contribution in [-0.4, -0.2) is 32.6 Å². The first-order chi connectivity index (χ1) is 10.0. The molecule has 1 heterocycles.